The number of ether oxygens (including phenoxy) is 1. The van der Waals surface area contributed by atoms with Gasteiger partial charge in [0, 0.05) is 0 Å². The van der Waals surface area contributed by atoms with Gasteiger partial charge in [-0.05, 0) is 24.6 Å². The van der Waals surface area contributed by atoms with Crippen LogP contribution in [0.4, 0.5) is 0 Å². The van der Waals surface area contributed by atoms with E-state index in [4.69, 9.17) is 15.6 Å². The van der Waals surface area contributed by atoms with Crippen molar-refractivity contribution in [2.45, 2.75) is 64.3 Å². The summed E-state index contributed by atoms with van der Waals surface area (Å²) in [5.74, 6) is 2.88. The maximum absolute atomic E-state index is 9.65. The van der Waals surface area contributed by atoms with Crippen LogP contribution in [0.15, 0.2) is 0 Å². The monoisotopic (exact) mass is 293 g/mol. The van der Waals surface area contributed by atoms with Gasteiger partial charge in [-0.25, -0.2) is 0 Å². The molecule has 0 aromatic heterocycles. The average molecular weight is 293 g/mol. The Kier molecular flexibility index (Phi) is 5.83. The third-order valence-electron chi connectivity index (χ3n) is 4.84. The first-order chi connectivity index (χ1) is 9.53. The van der Waals surface area contributed by atoms with Crippen LogP contribution in [0, 0.1) is 29.1 Å². The molecule has 0 unspecified atom stereocenters. The smallest absolute Gasteiger partial charge is 0.194 e. The molecule has 4 heteroatoms. The molecule has 112 valence electrons. The van der Waals surface area contributed by atoms with Gasteiger partial charge in [0.1, 0.15) is 11.0 Å². The molecule has 1 fully saturated rings. The molecule has 0 saturated carbocycles. The second kappa shape index (κ2) is 6.76. The van der Waals surface area contributed by atoms with Crippen molar-refractivity contribution < 1.29 is 9.16 Å². The lowest BCUT2D eigenvalue weighted by atomic mass is 9.69. The van der Waals surface area contributed by atoms with Crippen LogP contribution in [-0.4, -0.2) is 27.1 Å². The van der Waals surface area contributed by atoms with Crippen molar-refractivity contribution in [3.63, 3.8) is 0 Å². The molecule has 0 aromatic rings. The zero-order valence-electron chi connectivity index (χ0n) is 13.3. The number of hydrogen-bond acceptors (Lipinski definition) is 3. The van der Waals surface area contributed by atoms with Crippen LogP contribution in [0.1, 0.15) is 40.5 Å². The Morgan fingerprint density at radius 1 is 1.25 bits per heavy atom. The summed E-state index contributed by atoms with van der Waals surface area (Å²) in [6, 6.07) is 5.53. The Morgan fingerprint density at radius 3 is 2.05 bits per heavy atom. The van der Waals surface area contributed by atoms with Gasteiger partial charge in [-0.3, -0.25) is 0 Å². The molecule has 1 atom stereocenters. The van der Waals surface area contributed by atoms with Crippen LogP contribution < -0.4 is 0 Å². The number of rotatable bonds is 8. The third kappa shape index (κ3) is 2.65. The van der Waals surface area contributed by atoms with Gasteiger partial charge in [0.05, 0.1) is 19.3 Å². The highest BCUT2D eigenvalue weighted by Crippen LogP contribution is 2.46. The minimum Gasteiger partial charge on any atom is -0.399 e. The van der Waals surface area contributed by atoms with Crippen molar-refractivity contribution >= 4 is 8.32 Å². The molecule has 1 heterocycles. The summed E-state index contributed by atoms with van der Waals surface area (Å²) in [4.78, 5) is 0. The molecule has 1 saturated heterocycles. The predicted octanol–water partition coefficient (Wildman–Crippen LogP) is 3.72. The van der Waals surface area contributed by atoms with Crippen molar-refractivity contribution in [2.75, 3.05) is 13.2 Å². The van der Waals surface area contributed by atoms with E-state index in [0.717, 1.165) is 31.0 Å². The molecular formula is C16H27NO2Si. The molecule has 0 N–H and O–H groups in total. The van der Waals surface area contributed by atoms with E-state index >= 15 is 0 Å². The molecule has 0 aromatic carbocycles. The SMILES string of the molecule is C#C[C@@](CCC)(O[Si](CC)(CC)CC)C1(C#N)COC1. The molecule has 0 amide bonds. The van der Waals surface area contributed by atoms with E-state index in [9.17, 15) is 5.26 Å². The predicted molar refractivity (Wildman–Crippen MR) is 83.6 cm³/mol. The number of terminal acetylenes is 1. The Balaban J connectivity index is 3.19. The van der Waals surface area contributed by atoms with Gasteiger partial charge in [-0.1, -0.05) is 40.0 Å². The Morgan fingerprint density at radius 2 is 1.80 bits per heavy atom. The van der Waals surface area contributed by atoms with Crippen molar-refractivity contribution in [3.05, 3.63) is 0 Å². The van der Waals surface area contributed by atoms with E-state index < -0.39 is 19.3 Å². The van der Waals surface area contributed by atoms with Crippen LogP contribution >= 0.6 is 0 Å². The fraction of sp³-hybridized carbons (Fsp3) is 0.812. The minimum absolute atomic E-state index is 0.398. The van der Waals surface area contributed by atoms with E-state index in [1.54, 1.807) is 0 Å². The van der Waals surface area contributed by atoms with Gasteiger partial charge < -0.3 is 9.16 Å². The van der Waals surface area contributed by atoms with Gasteiger partial charge in [-0.2, -0.15) is 5.26 Å². The maximum atomic E-state index is 9.65. The molecule has 1 rings (SSSR count). The van der Waals surface area contributed by atoms with E-state index in [2.05, 4.69) is 39.7 Å². The van der Waals surface area contributed by atoms with Gasteiger partial charge in [0.25, 0.3) is 0 Å². The lowest BCUT2D eigenvalue weighted by Crippen LogP contribution is -2.63. The lowest BCUT2D eigenvalue weighted by molar-refractivity contribution is -0.161. The summed E-state index contributed by atoms with van der Waals surface area (Å²) < 4.78 is 12.0. The Bertz CT molecular complexity index is 393. The fourth-order valence-electron chi connectivity index (χ4n) is 3.01. The summed E-state index contributed by atoms with van der Waals surface area (Å²) in [5, 5.41) is 9.65. The first kappa shape index (κ1) is 17.2. The van der Waals surface area contributed by atoms with Crippen LogP contribution in [0.3, 0.4) is 0 Å². The number of nitriles is 1. The Labute approximate surface area is 124 Å². The molecule has 3 nitrogen and oxygen atoms in total. The highest BCUT2D eigenvalue weighted by Gasteiger charge is 2.59. The van der Waals surface area contributed by atoms with Crippen molar-refractivity contribution in [2.24, 2.45) is 5.41 Å². The molecule has 1 aliphatic rings. The molecule has 1 aliphatic heterocycles. The van der Waals surface area contributed by atoms with Crippen LogP contribution in [0.2, 0.25) is 18.1 Å². The standard InChI is InChI=1S/C16H27NO2Si/c1-6-11-16(7-2,15(12-17)13-18-14-15)19-20(8-3,9-4)10-5/h2H,6,8-11,13-14H2,1,3-5H3/t16-/m0/s1. The average Bonchev–Trinajstić information content (AvgIpc) is 2.44. The van der Waals surface area contributed by atoms with Crippen molar-refractivity contribution in [3.8, 4) is 18.4 Å². The van der Waals surface area contributed by atoms with E-state index in [-0.39, 0.29) is 0 Å². The van der Waals surface area contributed by atoms with Crippen molar-refractivity contribution in [1.82, 2.24) is 0 Å². The lowest BCUT2D eigenvalue weighted by Gasteiger charge is -2.51. The largest absolute Gasteiger partial charge is 0.399 e. The van der Waals surface area contributed by atoms with E-state index in [1.165, 1.54) is 0 Å². The molecule has 0 spiro atoms. The number of nitrogens with zero attached hydrogens (tertiary/aromatic N) is 1. The van der Waals surface area contributed by atoms with Crippen LogP contribution in [0.25, 0.3) is 0 Å². The first-order valence-electron chi connectivity index (χ1n) is 7.70. The summed E-state index contributed by atoms with van der Waals surface area (Å²) in [6.07, 6.45) is 7.52. The van der Waals surface area contributed by atoms with Crippen molar-refractivity contribution in [1.29, 1.82) is 5.26 Å². The second-order valence-electron chi connectivity index (χ2n) is 5.75. The number of hydrogen-bond donors (Lipinski definition) is 0. The molecule has 0 aliphatic carbocycles. The normalized spacial score (nSPS) is 20.3. The summed E-state index contributed by atoms with van der Waals surface area (Å²) in [7, 11) is -1.87. The highest BCUT2D eigenvalue weighted by atomic mass is 28.4. The molecule has 0 radical (unpaired) electrons. The summed E-state index contributed by atoms with van der Waals surface area (Å²) >= 11 is 0. The van der Waals surface area contributed by atoms with Crippen LogP contribution in [0.5, 0.6) is 0 Å². The summed E-state index contributed by atoms with van der Waals surface area (Å²) in [5.41, 5.74) is -1.43. The quantitative estimate of drug-likeness (QED) is 0.506. The van der Waals surface area contributed by atoms with E-state index in [0.29, 0.717) is 13.2 Å². The fourth-order valence-corrected chi connectivity index (χ4v) is 6.04. The van der Waals surface area contributed by atoms with Gasteiger partial charge >= 0.3 is 0 Å². The summed E-state index contributed by atoms with van der Waals surface area (Å²) in [6.45, 7) is 9.44. The maximum Gasteiger partial charge on any atom is 0.194 e. The second-order valence-corrected chi connectivity index (χ2v) is 10.4. The van der Waals surface area contributed by atoms with Gasteiger partial charge in [-0.15, -0.1) is 6.42 Å². The van der Waals surface area contributed by atoms with Gasteiger partial charge in [0.2, 0.25) is 0 Å². The molecular weight excluding hydrogens is 266 g/mol. The third-order valence-corrected chi connectivity index (χ3v) is 9.49. The minimum atomic E-state index is -1.87. The zero-order chi connectivity index (χ0) is 15.3. The van der Waals surface area contributed by atoms with Crippen LogP contribution in [-0.2, 0) is 9.16 Å². The Hall–Kier alpha value is -0.813. The molecule has 20 heavy (non-hydrogen) atoms. The first-order valence-corrected chi connectivity index (χ1v) is 10.2. The zero-order valence-corrected chi connectivity index (χ0v) is 14.3. The topological polar surface area (TPSA) is 42.2 Å². The molecule has 0 bridgehead atoms. The van der Waals surface area contributed by atoms with E-state index in [1.807, 2.05) is 0 Å². The highest BCUT2D eigenvalue weighted by molar-refractivity contribution is 6.73. The van der Waals surface area contributed by atoms with Gasteiger partial charge in [0.15, 0.2) is 8.32 Å².